The first-order chi connectivity index (χ1) is 3.85. The quantitative estimate of drug-likeness (QED) is 0.548. The lowest BCUT2D eigenvalue weighted by Crippen LogP contribution is -1.84. The SMILES string of the molecule is C=C=C(CC)CCO. The maximum absolute atomic E-state index is 8.41. The third kappa shape index (κ3) is 2.62. The van der Waals surface area contributed by atoms with Crippen LogP contribution in [0.15, 0.2) is 17.9 Å². The summed E-state index contributed by atoms with van der Waals surface area (Å²) in [6, 6.07) is 0. The molecule has 0 aliphatic heterocycles. The summed E-state index contributed by atoms with van der Waals surface area (Å²) in [5, 5.41) is 8.41. The van der Waals surface area contributed by atoms with E-state index < -0.39 is 0 Å². The first-order valence-electron chi connectivity index (χ1n) is 2.83. The molecule has 0 radical (unpaired) electrons. The van der Waals surface area contributed by atoms with E-state index in [1.54, 1.807) is 0 Å². The van der Waals surface area contributed by atoms with E-state index in [-0.39, 0.29) is 6.61 Å². The monoisotopic (exact) mass is 112 g/mol. The minimum Gasteiger partial charge on any atom is -0.396 e. The van der Waals surface area contributed by atoms with Crippen molar-refractivity contribution in [3.63, 3.8) is 0 Å². The van der Waals surface area contributed by atoms with Gasteiger partial charge < -0.3 is 5.11 Å². The van der Waals surface area contributed by atoms with Crippen LogP contribution in [0, 0.1) is 0 Å². The van der Waals surface area contributed by atoms with Crippen LogP contribution in [0.2, 0.25) is 0 Å². The van der Waals surface area contributed by atoms with Crippen LogP contribution in [0.25, 0.3) is 0 Å². The summed E-state index contributed by atoms with van der Waals surface area (Å²) in [6.45, 7) is 5.72. The second-order valence-corrected chi connectivity index (χ2v) is 1.61. The van der Waals surface area contributed by atoms with Gasteiger partial charge in [-0.2, -0.15) is 0 Å². The first-order valence-corrected chi connectivity index (χ1v) is 2.83. The van der Waals surface area contributed by atoms with Crippen molar-refractivity contribution < 1.29 is 5.11 Å². The Morgan fingerprint density at radius 3 is 2.50 bits per heavy atom. The molecule has 46 valence electrons. The van der Waals surface area contributed by atoms with Crippen LogP contribution >= 0.6 is 0 Å². The van der Waals surface area contributed by atoms with Gasteiger partial charge >= 0.3 is 0 Å². The molecule has 0 amide bonds. The third-order valence-electron chi connectivity index (χ3n) is 1.09. The Morgan fingerprint density at radius 2 is 2.38 bits per heavy atom. The molecule has 0 fully saturated rings. The Morgan fingerprint density at radius 1 is 1.75 bits per heavy atom. The fourth-order valence-electron chi connectivity index (χ4n) is 0.525. The van der Waals surface area contributed by atoms with Crippen LogP contribution in [0.3, 0.4) is 0 Å². The van der Waals surface area contributed by atoms with Crippen LogP contribution in [0.4, 0.5) is 0 Å². The van der Waals surface area contributed by atoms with E-state index in [9.17, 15) is 0 Å². The second-order valence-electron chi connectivity index (χ2n) is 1.61. The number of aliphatic hydroxyl groups is 1. The van der Waals surface area contributed by atoms with Gasteiger partial charge in [0.25, 0.3) is 0 Å². The predicted molar refractivity (Wildman–Crippen MR) is 34.6 cm³/mol. The van der Waals surface area contributed by atoms with Crippen LogP contribution < -0.4 is 0 Å². The highest BCUT2D eigenvalue weighted by molar-refractivity contribution is 4.97. The Balaban J connectivity index is 3.55. The molecule has 0 heterocycles. The summed E-state index contributed by atoms with van der Waals surface area (Å²) in [6.07, 6.45) is 1.67. The van der Waals surface area contributed by atoms with Crippen molar-refractivity contribution in [1.29, 1.82) is 0 Å². The van der Waals surface area contributed by atoms with Crippen molar-refractivity contribution in [2.45, 2.75) is 19.8 Å². The zero-order valence-corrected chi connectivity index (χ0v) is 5.28. The highest BCUT2D eigenvalue weighted by atomic mass is 16.2. The maximum atomic E-state index is 8.41. The molecule has 0 atom stereocenters. The van der Waals surface area contributed by atoms with Crippen molar-refractivity contribution in [2.24, 2.45) is 0 Å². The zero-order valence-electron chi connectivity index (χ0n) is 5.28. The van der Waals surface area contributed by atoms with E-state index in [0.717, 1.165) is 18.4 Å². The predicted octanol–water partition coefficient (Wildman–Crippen LogP) is 1.49. The standard InChI is InChI=1S/C7H12O/c1-3-7(4-2)5-6-8/h8H,1,4-6H2,2H3. The fraction of sp³-hybridized carbons (Fsp3) is 0.571. The molecule has 0 unspecified atom stereocenters. The summed E-state index contributed by atoms with van der Waals surface area (Å²) in [7, 11) is 0. The van der Waals surface area contributed by atoms with Gasteiger partial charge in [0.1, 0.15) is 0 Å². The summed E-state index contributed by atoms with van der Waals surface area (Å²) in [5.41, 5.74) is 3.86. The summed E-state index contributed by atoms with van der Waals surface area (Å²) >= 11 is 0. The van der Waals surface area contributed by atoms with Crippen molar-refractivity contribution in [2.75, 3.05) is 6.61 Å². The number of aliphatic hydroxyl groups excluding tert-OH is 1. The highest BCUT2D eigenvalue weighted by Gasteiger charge is 1.87. The minimum atomic E-state index is 0.214. The van der Waals surface area contributed by atoms with Gasteiger partial charge in [-0.05, 0) is 18.4 Å². The Kier molecular flexibility index (Phi) is 4.33. The second kappa shape index (κ2) is 4.63. The molecule has 0 rings (SSSR count). The van der Waals surface area contributed by atoms with E-state index in [0.29, 0.717) is 0 Å². The van der Waals surface area contributed by atoms with Crippen molar-refractivity contribution in [3.8, 4) is 0 Å². The molecule has 1 heteroatoms. The Bertz CT molecular complexity index is 99.0. The molecule has 1 N–H and O–H groups in total. The molecular formula is C7H12O. The lowest BCUT2D eigenvalue weighted by atomic mass is 10.2. The average molecular weight is 112 g/mol. The fourth-order valence-corrected chi connectivity index (χ4v) is 0.525. The Labute approximate surface area is 50.3 Å². The lowest BCUT2D eigenvalue weighted by Gasteiger charge is -1.93. The molecule has 0 aliphatic carbocycles. The van der Waals surface area contributed by atoms with Gasteiger partial charge in [0.15, 0.2) is 0 Å². The highest BCUT2D eigenvalue weighted by Crippen LogP contribution is 2.01. The van der Waals surface area contributed by atoms with Crippen LogP contribution in [0.1, 0.15) is 19.8 Å². The molecule has 0 aromatic rings. The number of rotatable bonds is 3. The van der Waals surface area contributed by atoms with Crippen LogP contribution in [0.5, 0.6) is 0 Å². The Hall–Kier alpha value is -0.520. The van der Waals surface area contributed by atoms with Crippen LogP contribution in [-0.4, -0.2) is 11.7 Å². The maximum Gasteiger partial charge on any atom is 0.0474 e. The molecule has 1 nitrogen and oxygen atoms in total. The lowest BCUT2D eigenvalue weighted by molar-refractivity contribution is 0.298. The van der Waals surface area contributed by atoms with Crippen molar-refractivity contribution in [3.05, 3.63) is 17.9 Å². The summed E-state index contributed by atoms with van der Waals surface area (Å²) in [5.74, 6) is 0. The molecule has 0 spiro atoms. The first kappa shape index (κ1) is 7.48. The third-order valence-corrected chi connectivity index (χ3v) is 1.09. The van der Waals surface area contributed by atoms with Gasteiger partial charge in [-0.1, -0.05) is 13.5 Å². The van der Waals surface area contributed by atoms with Gasteiger partial charge in [0.2, 0.25) is 0 Å². The molecule has 0 saturated carbocycles. The molecule has 0 aliphatic rings. The van der Waals surface area contributed by atoms with Crippen molar-refractivity contribution >= 4 is 0 Å². The normalized spacial score (nSPS) is 8.25. The molecular weight excluding hydrogens is 100 g/mol. The smallest absolute Gasteiger partial charge is 0.0474 e. The van der Waals surface area contributed by atoms with Gasteiger partial charge in [-0.25, -0.2) is 0 Å². The van der Waals surface area contributed by atoms with E-state index in [2.05, 4.69) is 12.3 Å². The number of hydrogen-bond donors (Lipinski definition) is 1. The van der Waals surface area contributed by atoms with Gasteiger partial charge in [-0.3, -0.25) is 0 Å². The molecule has 8 heavy (non-hydrogen) atoms. The molecule has 0 aromatic heterocycles. The van der Waals surface area contributed by atoms with E-state index in [4.69, 9.17) is 5.11 Å². The van der Waals surface area contributed by atoms with E-state index in [1.807, 2.05) is 6.92 Å². The zero-order chi connectivity index (χ0) is 6.41. The average Bonchev–Trinajstić information content (AvgIpc) is 1.83. The molecule has 0 aromatic carbocycles. The van der Waals surface area contributed by atoms with Gasteiger partial charge in [0, 0.05) is 6.61 Å². The number of hydrogen-bond acceptors (Lipinski definition) is 1. The molecule has 0 bridgehead atoms. The van der Waals surface area contributed by atoms with Crippen molar-refractivity contribution in [1.82, 2.24) is 0 Å². The van der Waals surface area contributed by atoms with Gasteiger partial charge in [0.05, 0.1) is 0 Å². The summed E-state index contributed by atoms with van der Waals surface area (Å²) in [4.78, 5) is 0. The largest absolute Gasteiger partial charge is 0.396 e. The van der Waals surface area contributed by atoms with Crippen LogP contribution in [-0.2, 0) is 0 Å². The molecule has 0 saturated heterocycles. The summed E-state index contributed by atoms with van der Waals surface area (Å²) < 4.78 is 0. The minimum absolute atomic E-state index is 0.214. The van der Waals surface area contributed by atoms with E-state index >= 15 is 0 Å². The topological polar surface area (TPSA) is 20.2 Å². The van der Waals surface area contributed by atoms with Gasteiger partial charge in [-0.15, -0.1) is 5.73 Å². The van der Waals surface area contributed by atoms with E-state index in [1.165, 1.54) is 0 Å².